The van der Waals surface area contributed by atoms with Crippen LogP contribution in [0.4, 0.5) is 0 Å². The normalized spacial score (nSPS) is 31.6. The SMILES string of the molecule is O=COc1ccccc1C1CC2CCC1C2. The molecule has 84 valence electrons. The highest BCUT2D eigenvalue weighted by atomic mass is 16.5. The molecule has 2 bridgehead atoms. The molecule has 0 radical (unpaired) electrons. The predicted octanol–water partition coefficient (Wildman–Crippen LogP) is 3.13. The molecule has 0 amide bonds. The minimum atomic E-state index is 0.534. The van der Waals surface area contributed by atoms with Crippen LogP contribution in [0.5, 0.6) is 5.75 Å². The summed E-state index contributed by atoms with van der Waals surface area (Å²) in [6.45, 7) is 0.534. The second-order valence-corrected chi connectivity index (χ2v) is 5.03. The first kappa shape index (κ1) is 9.88. The summed E-state index contributed by atoms with van der Waals surface area (Å²) in [6, 6.07) is 7.98. The molecule has 0 heterocycles. The van der Waals surface area contributed by atoms with E-state index in [2.05, 4.69) is 6.07 Å². The van der Waals surface area contributed by atoms with E-state index in [9.17, 15) is 4.79 Å². The topological polar surface area (TPSA) is 26.3 Å². The number of ether oxygens (including phenoxy) is 1. The van der Waals surface area contributed by atoms with Crippen molar-refractivity contribution in [3.05, 3.63) is 29.8 Å². The Morgan fingerprint density at radius 3 is 2.75 bits per heavy atom. The van der Waals surface area contributed by atoms with Crippen LogP contribution in [-0.4, -0.2) is 6.47 Å². The van der Waals surface area contributed by atoms with Gasteiger partial charge >= 0.3 is 0 Å². The Kier molecular flexibility index (Phi) is 2.43. The maximum atomic E-state index is 10.5. The van der Waals surface area contributed by atoms with E-state index >= 15 is 0 Å². The zero-order chi connectivity index (χ0) is 11.0. The fraction of sp³-hybridized carbons (Fsp3) is 0.500. The van der Waals surface area contributed by atoms with E-state index in [1.807, 2.05) is 18.2 Å². The van der Waals surface area contributed by atoms with Crippen LogP contribution in [-0.2, 0) is 4.79 Å². The molecule has 2 nitrogen and oxygen atoms in total. The van der Waals surface area contributed by atoms with Gasteiger partial charge in [0.1, 0.15) is 5.75 Å². The van der Waals surface area contributed by atoms with Gasteiger partial charge in [0.2, 0.25) is 0 Å². The summed E-state index contributed by atoms with van der Waals surface area (Å²) in [7, 11) is 0. The highest BCUT2D eigenvalue weighted by Gasteiger charge is 2.41. The molecule has 0 N–H and O–H groups in total. The van der Waals surface area contributed by atoms with E-state index in [1.54, 1.807) is 0 Å². The van der Waals surface area contributed by atoms with Crippen molar-refractivity contribution in [2.45, 2.75) is 31.6 Å². The summed E-state index contributed by atoms with van der Waals surface area (Å²) in [5.41, 5.74) is 1.24. The van der Waals surface area contributed by atoms with Gasteiger partial charge in [0.05, 0.1) is 0 Å². The standard InChI is InChI=1S/C14H16O2/c15-9-16-14-4-2-1-3-12(14)13-8-10-5-6-11(13)7-10/h1-4,9-11,13H,5-8H2. The zero-order valence-electron chi connectivity index (χ0n) is 9.26. The summed E-state index contributed by atoms with van der Waals surface area (Å²) in [5.74, 6) is 3.12. The lowest BCUT2D eigenvalue weighted by molar-refractivity contribution is -0.120. The lowest BCUT2D eigenvalue weighted by atomic mass is 9.83. The molecule has 2 saturated carbocycles. The van der Waals surface area contributed by atoms with Gasteiger partial charge in [-0.15, -0.1) is 0 Å². The molecule has 2 aliphatic carbocycles. The van der Waals surface area contributed by atoms with Gasteiger partial charge in [0, 0.05) is 0 Å². The van der Waals surface area contributed by atoms with Crippen molar-refractivity contribution in [2.24, 2.45) is 11.8 Å². The first-order chi connectivity index (χ1) is 7.88. The van der Waals surface area contributed by atoms with Crippen molar-refractivity contribution in [1.82, 2.24) is 0 Å². The van der Waals surface area contributed by atoms with Crippen molar-refractivity contribution in [3.8, 4) is 5.75 Å². The lowest BCUT2D eigenvalue weighted by Gasteiger charge is -2.23. The first-order valence-electron chi connectivity index (χ1n) is 6.07. The minimum absolute atomic E-state index is 0.534. The monoisotopic (exact) mass is 216 g/mol. The van der Waals surface area contributed by atoms with Gasteiger partial charge in [-0.05, 0) is 48.6 Å². The maximum absolute atomic E-state index is 10.5. The maximum Gasteiger partial charge on any atom is 0.298 e. The van der Waals surface area contributed by atoms with Gasteiger partial charge in [-0.2, -0.15) is 0 Å². The molecule has 3 unspecified atom stereocenters. The Bertz CT molecular complexity index is 399. The van der Waals surface area contributed by atoms with Crippen molar-refractivity contribution in [2.75, 3.05) is 0 Å². The number of hydrogen-bond donors (Lipinski definition) is 0. The van der Waals surface area contributed by atoms with Gasteiger partial charge in [0.15, 0.2) is 0 Å². The molecule has 0 spiro atoms. The Morgan fingerprint density at radius 1 is 1.19 bits per heavy atom. The second-order valence-electron chi connectivity index (χ2n) is 5.03. The van der Waals surface area contributed by atoms with Crippen molar-refractivity contribution >= 4 is 6.47 Å². The Hall–Kier alpha value is -1.31. The summed E-state index contributed by atoms with van der Waals surface area (Å²) >= 11 is 0. The number of fused-ring (bicyclic) bond motifs is 2. The fourth-order valence-corrected chi connectivity index (χ4v) is 3.57. The van der Waals surface area contributed by atoms with Crippen molar-refractivity contribution in [3.63, 3.8) is 0 Å². The van der Waals surface area contributed by atoms with Crippen LogP contribution >= 0.6 is 0 Å². The Morgan fingerprint density at radius 2 is 2.06 bits per heavy atom. The van der Waals surface area contributed by atoms with Crippen molar-refractivity contribution in [1.29, 1.82) is 0 Å². The summed E-state index contributed by atoms with van der Waals surface area (Å²) in [5, 5.41) is 0. The van der Waals surface area contributed by atoms with E-state index in [0.717, 1.165) is 17.6 Å². The molecule has 0 aromatic heterocycles. The van der Waals surface area contributed by atoms with E-state index in [4.69, 9.17) is 4.74 Å². The number of hydrogen-bond acceptors (Lipinski definition) is 2. The molecule has 0 saturated heterocycles. The smallest absolute Gasteiger partial charge is 0.298 e. The summed E-state index contributed by atoms with van der Waals surface area (Å²) < 4.78 is 5.08. The van der Waals surface area contributed by atoms with Crippen molar-refractivity contribution < 1.29 is 9.53 Å². The highest BCUT2D eigenvalue weighted by Crippen LogP contribution is 2.54. The lowest BCUT2D eigenvalue weighted by Crippen LogP contribution is -2.10. The number of para-hydroxylation sites is 1. The average Bonchev–Trinajstić information content (AvgIpc) is 2.92. The molecule has 2 fully saturated rings. The number of rotatable bonds is 3. The molecule has 3 rings (SSSR count). The van der Waals surface area contributed by atoms with E-state index in [0.29, 0.717) is 12.4 Å². The highest BCUT2D eigenvalue weighted by molar-refractivity contribution is 5.49. The van der Waals surface area contributed by atoms with E-state index in [1.165, 1.54) is 31.2 Å². The number of carbonyl (C=O) groups is 1. The van der Waals surface area contributed by atoms with Gasteiger partial charge < -0.3 is 4.74 Å². The molecular formula is C14H16O2. The van der Waals surface area contributed by atoms with Crippen LogP contribution in [0, 0.1) is 11.8 Å². The molecule has 1 aromatic rings. The largest absolute Gasteiger partial charge is 0.428 e. The van der Waals surface area contributed by atoms with Crippen LogP contribution in [0.2, 0.25) is 0 Å². The second kappa shape index (κ2) is 3.93. The minimum Gasteiger partial charge on any atom is -0.428 e. The van der Waals surface area contributed by atoms with E-state index < -0.39 is 0 Å². The summed E-state index contributed by atoms with van der Waals surface area (Å²) in [4.78, 5) is 10.5. The summed E-state index contributed by atoms with van der Waals surface area (Å²) in [6.07, 6.45) is 5.41. The Labute approximate surface area is 95.6 Å². The van der Waals surface area contributed by atoms with Crippen LogP contribution in [0.15, 0.2) is 24.3 Å². The van der Waals surface area contributed by atoms with Gasteiger partial charge in [-0.25, -0.2) is 0 Å². The van der Waals surface area contributed by atoms with Gasteiger partial charge in [-0.3, -0.25) is 4.79 Å². The Balaban J connectivity index is 1.91. The van der Waals surface area contributed by atoms with Gasteiger partial charge in [0.25, 0.3) is 6.47 Å². The molecule has 3 atom stereocenters. The average molecular weight is 216 g/mol. The molecule has 0 aliphatic heterocycles. The molecule has 1 aromatic carbocycles. The molecule has 2 aliphatic rings. The third kappa shape index (κ3) is 1.53. The van der Waals surface area contributed by atoms with Gasteiger partial charge in [-0.1, -0.05) is 24.6 Å². The number of benzene rings is 1. The first-order valence-corrected chi connectivity index (χ1v) is 6.07. The quantitative estimate of drug-likeness (QED) is 0.725. The van der Waals surface area contributed by atoms with Crippen LogP contribution in [0.1, 0.15) is 37.2 Å². The molecule has 2 heteroatoms. The zero-order valence-corrected chi connectivity index (χ0v) is 9.26. The molecular weight excluding hydrogens is 200 g/mol. The fourth-order valence-electron chi connectivity index (χ4n) is 3.57. The van der Waals surface area contributed by atoms with Crippen LogP contribution < -0.4 is 4.74 Å². The van der Waals surface area contributed by atoms with E-state index in [-0.39, 0.29) is 0 Å². The molecule has 16 heavy (non-hydrogen) atoms. The van der Waals surface area contributed by atoms with Crippen LogP contribution in [0.25, 0.3) is 0 Å². The number of carbonyl (C=O) groups excluding carboxylic acids is 1. The third-order valence-corrected chi connectivity index (χ3v) is 4.23. The predicted molar refractivity (Wildman–Crippen MR) is 61.3 cm³/mol. The van der Waals surface area contributed by atoms with Crippen LogP contribution in [0.3, 0.4) is 0 Å². The third-order valence-electron chi connectivity index (χ3n) is 4.23.